The standard InChI is InChI=1S/C21H14NO.C5H8O2.Pt/c1-4-10-16(11-5-1)19-20(17-12-6-2-7-13-17)23-21(22-19)18-14-8-3-9-15-18;1-4(6)3-5(2)7;/h1-10,12-15H;3,6H,1-2H3;/q-1;;/b;4-3-;. The number of hydrogen-bond donors (Lipinski definition) is 1. The van der Waals surface area contributed by atoms with E-state index in [2.05, 4.69) is 6.07 Å². The van der Waals surface area contributed by atoms with Gasteiger partial charge in [0.2, 0.25) is 5.89 Å². The Kier molecular flexibility index (Phi) is 9.17. The summed E-state index contributed by atoms with van der Waals surface area (Å²) in [6.07, 6.45) is 1.17. The summed E-state index contributed by atoms with van der Waals surface area (Å²) < 4.78 is 6.11. The number of aliphatic hydroxyl groups excluding tert-OH is 1. The van der Waals surface area contributed by atoms with E-state index in [4.69, 9.17) is 14.5 Å². The molecule has 0 spiro atoms. The van der Waals surface area contributed by atoms with Crippen molar-refractivity contribution in [2.45, 2.75) is 13.8 Å². The molecule has 0 radical (unpaired) electrons. The Hall–Kier alpha value is -3.23. The van der Waals surface area contributed by atoms with Crippen LogP contribution in [0.4, 0.5) is 0 Å². The Balaban J connectivity index is 0.000000373. The minimum Gasteiger partial charge on any atom is -0.512 e. The zero-order chi connectivity index (χ0) is 21.3. The van der Waals surface area contributed by atoms with Gasteiger partial charge in [0.25, 0.3) is 0 Å². The molecule has 5 heteroatoms. The topological polar surface area (TPSA) is 63.3 Å². The van der Waals surface area contributed by atoms with Crippen molar-refractivity contribution < 1.29 is 35.4 Å². The van der Waals surface area contributed by atoms with E-state index in [0.29, 0.717) is 5.89 Å². The van der Waals surface area contributed by atoms with E-state index >= 15 is 0 Å². The quantitative estimate of drug-likeness (QED) is 0.167. The molecule has 0 unspecified atom stereocenters. The number of benzene rings is 3. The molecule has 0 saturated carbocycles. The van der Waals surface area contributed by atoms with Crippen LogP contribution in [0, 0.1) is 6.07 Å². The fourth-order valence-electron chi connectivity index (χ4n) is 2.83. The van der Waals surface area contributed by atoms with Crippen LogP contribution in [-0.4, -0.2) is 15.9 Å². The average molecular weight is 592 g/mol. The van der Waals surface area contributed by atoms with Crippen molar-refractivity contribution in [1.29, 1.82) is 0 Å². The van der Waals surface area contributed by atoms with Gasteiger partial charge in [0.15, 0.2) is 5.78 Å². The number of carbonyl (C=O) groups excluding carboxylic acids is 1. The molecule has 0 amide bonds. The third-order valence-electron chi connectivity index (χ3n) is 4.06. The van der Waals surface area contributed by atoms with E-state index in [1.54, 1.807) is 0 Å². The maximum atomic E-state index is 10.0. The van der Waals surface area contributed by atoms with E-state index < -0.39 is 0 Å². The second-order valence-electron chi connectivity index (χ2n) is 6.60. The number of ketones is 1. The molecule has 4 rings (SSSR count). The molecule has 4 nitrogen and oxygen atoms in total. The molecule has 0 atom stereocenters. The SMILES string of the molecule is CC(=O)/C=C(/C)O.[Pt].[c-]1ccccc1-c1nc(-c2ccccc2)oc1-c1ccccc1. The van der Waals surface area contributed by atoms with Crippen molar-refractivity contribution in [3.05, 3.63) is 103 Å². The van der Waals surface area contributed by atoms with E-state index in [-0.39, 0.29) is 32.6 Å². The number of aliphatic hydroxyl groups is 1. The molecule has 0 saturated heterocycles. The van der Waals surface area contributed by atoms with Crippen LogP contribution in [0.25, 0.3) is 34.0 Å². The number of allylic oxidation sites excluding steroid dienone is 2. The predicted octanol–water partition coefficient (Wildman–Crippen LogP) is 6.51. The van der Waals surface area contributed by atoms with Gasteiger partial charge >= 0.3 is 0 Å². The Labute approximate surface area is 196 Å². The molecule has 0 aliphatic heterocycles. The van der Waals surface area contributed by atoms with Crippen LogP contribution in [0.15, 0.2) is 101 Å². The largest absolute Gasteiger partial charge is 0.512 e. The van der Waals surface area contributed by atoms with Gasteiger partial charge in [0.1, 0.15) is 5.76 Å². The Morgan fingerprint density at radius 3 is 1.97 bits per heavy atom. The second-order valence-corrected chi connectivity index (χ2v) is 6.60. The molecule has 1 heterocycles. The number of hydrogen-bond acceptors (Lipinski definition) is 4. The van der Waals surface area contributed by atoms with Gasteiger partial charge in [0, 0.05) is 44.0 Å². The number of carbonyl (C=O) groups is 1. The van der Waals surface area contributed by atoms with Crippen molar-refractivity contribution in [2.75, 3.05) is 0 Å². The van der Waals surface area contributed by atoms with Crippen molar-refractivity contribution in [3.63, 3.8) is 0 Å². The molecule has 160 valence electrons. The first-order chi connectivity index (χ1) is 14.5. The van der Waals surface area contributed by atoms with Crippen LogP contribution in [0.1, 0.15) is 13.8 Å². The van der Waals surface area contributed by atoms with Gasteiger partial charge < -0.3 is 9.52 Å². The zero-order valence-electron chi connectivity index (χ0n) is 17.2. The zero-order valence-corrected chi connectivity index (χ0v) is 19.5. The molecule has 0 bridgehead atoms. The van der Waals surface area contributed by atoms with Gasteiger partial charge in [-0.1, -0.05) is 48.5 Å². The minimum atomic E-state index is -0.125. The molecule has 0 fully saturated rings. The summed E-state index contributed by atoms with van der Waals surface area (Å²) >= 11 is 0. The molecule has 1 aromatic heterocycles. The fourth-order valence-corrected chi connectivity index (χ4v) is 2.83. The van der Waals surface area contributed by atoms with Crippen LogP contribution < -0.4 is 0 Å². The van der Waals surface area contributed by atoms with Crippen molar-refractivity contribution in [2.24, 2.45) is 0 Å². The summed E-state index contributed by atoms with van der Waals surface area (Å²) in [5.74, 6) is 1.33. The van der Waals surface area contributed by atoms with E-state index in [0.717, 1.165) is 28.1 Å². The maximum absolute atomic E-state index is 10.0. The van der Waals surface area contributed by atoms with Crippen molar-refractivity contribution in [1.82, 2.24) is 4.98 Å². The molecular weight excluding hydrogens is 569 g/mol. The van der Waals surface area contributed by atoms with Gasteiger partial charge in [-0.15, -0.1) is 35.9 Å². The molecule has 1 N–H and O–H groups in total. The number of aromatic nitrogens is 1. The summed E-state index contributed by atoms with van der Waals surface area (Å²) in [5, 5.41) is 8.36. The van der Waals surface area contributed by atoms with E-state index in [9.17, 15) is 4.79 Å². The van der Waals surface area contributed by atoms with E-state index in [1.807, 2.05) is 84.9 Å². The number of oxazole rings is 1. The van der Waals surface area contributed by atoms with E-state index in [1.165, 1.54) is 19.9 Å². The molecule has 31 heavy (non-hydrogen) atoms. The molecule has 3 aromatic carbocycles. The normalized spacial score (nSPS) is 10.5. The predicted molar refractivity (Wildman–Crippen MR) is 119 cm³/mol. The van der Waals surface area contributed by atoms with Gasteiger partial charge in [0.05, 0.1) is 5.76 Å². The Morgan fingerprint density at radius 2 is 1.48 bits per heavy atom. The smallest absolute Gasteiger partial charge is 0.216 e. The first kappa shape index (κ1) is 24.0. The summed E-state index contributed by atoms with van der Waals surface area (Å²) in [5.41, 5.74) is 3.72. The first-order valence-corrected chi connectivity index (χ1v) is 9.51. The molecular formula is C26H22NO3Pt-. The number of rotatable bonds is 4. The summed E-state index contributed by atoms with van der Waals surface area (Å²) in [6, 6.07) is 31.1. The molecule has 0 aliphatic carbocycles. The van der Waals surface area contributed by atoms with Gasteiger partial charge in [-0.3, -0.25) is 9.78 Å². The fraction of sp³-hybridized carbons (Fsp3) is 0.0769. The van der Waals surface area contributed by atoms with Crippen molar-refractivity contribution in [3.8, 4) is 34.0 Å². The molecule has 4 aromatic rings. The monoisotopic (exact) mass is 591 g/mol. The second kappa shape index (κ2) is 11.8. The third-order valence-corrected chi connectivity index (χ3v) is 4.06. The van der Waals surface area contributed by atoms with Crippen LogP contribution in [-0.2, 0) is 25.9 Å². The Bertz CT molecular complexity index is 1060. The third kappa shape index (κ3) is 6.90. The summed E-state index contributed by atoms with van der Waals surface area (Å²) in [7, 11) is 0. The first-order valence-electron chi connectivity index (χ1n) is 9.51. The van der Waals surface area contributed by atoms with Crippen LogP contribution in [0.5, 0.6) is 0 Å². The van der Waals surface area contributed by atoms with Gasteiger partial charge in [-0.25, -0.2) is 0 Å². The number of nitrogens with zero attached hydrogens (tertiary/aromatic N) is 1. The maximum Gasteiger partial charge on any atom is 0.216 e. The van der Waals surface area contributed by atoms with Crippen LogP contribution in [0.3, 0.4) is 0 Å². The minimum absolute atomic E-state index is 0. The van der Waals surface area contributed by atoms with Gasteiger partial charge in [-0.05, 0) is 26.0 Å². The van der Waals surface area contributed by atoms with Crippen molar-refractivity contribution >= 4 is 5.78 Å². The van der Waals surface area contributed by atoms with Gasteiger partial charge in [-0.2, -0.15) is 0 Å². The summed E-state index contributed by atoms with van der Waals surface area (Å²) in [6.45, 7) is 2.85. The summed E-state index contributed by atoms with van der Waals surface area (Å²) in [4.78, 5) is 14.7. The average Bonchev–Trinajstić information content (AvgIpc) is 3.21. The van der Waals surface area contributed by atoms with Crippen LogP contribution >= 0.6 is 0 Å². The van der Waals surface area contributed by atoms with Crippen LogP contribution in [0.2, 0.25) is 0 Å². The molecule has 0 aliphatic rings. The Morgan fingerprint density at radius 1 is 0.903 bits per heavy atom.